The Morgan fingerprint density at radius 2 is 1.94 bits per heavy atom. The Hall–Kier alpha value is -3.25. The van der Waals surface area contributed by atoms with E-state index in [1.807, 2.05) is 18.2 Å². The highest BCUT2D eigenvalue weighted by molar-refractivity contribution is 7.89. The van der Waals surface area contributed by atoms with Crippen LogP contribution in [-0.2, 0) is 14.8 Å². The molecule has 3 heterocycles. The number of nitrogens with one attached hydrogen (secondary N) is 3. The Morgan fingerprint density at radius 3 is 2.71 bits per heavy atom. The van der Waals surface area contributed by atoms with Gasteiger partial charge < -0.3 is 15.0 Å². The monoisotopic (exact) mass is 499 g/mol. The number of anilines is 3. The molecule has 3 N–H and O–H groups in total. The predicted molar refractivity (Wildman–Crippen MR) is 131 cm³/mol. The van der Waals surface area contributed by atoms with Crippen LogP contribution in [0.15, 0.2) is 53.7 Å². The van der Waals surface area contributed by atoms with Gasteiger partial charge in [0.1, 0.15) is 12.1 Å². The summed E-state index contributed by atoms with van der Waals surface area (Å²) < 4.78 is 32.9. The van der Waals surface area contributed by atoms with Gasteiger partial charge in [-0.3, -0.25) is 5.10 Å². The molecule has 0 spiro atoms. The molecular weight excluding hydrogens is 478 g/mol. The molecule has 0 amide bonds. The Balaban J connectivity index is 1.64. The van der Waals surface area contributed by atoms with Gasteiger partial charge in [0.05, 0.1) is 40.6 Å². The SMILES string of the molecule is CNS(=O)(=O)c1ccc(N2CCOCC2)c(Nc2ncnc3n[nH]c(-c4cccc(Cl)c4)c23)c1. The Kier molecular flexibility index (Phi) is 6.09. The van der Waals surface area contributed by atoms with E-state index in [1.54, 1.807) is 24.3 Å². The molecule has 0 aliphatic carbocycles. The molecule has 1 saturated heterocycles. The third-order valence-corrected chi connectivity index (χ3v) is 7.26. The van der Waals surface area contributed by atoms with Gasteiger partial charge in [0.15, 0.2) is 5.65 Å². The summed E-state index contributed by atoms with van der Waals surface area (Å²) in [4.78, 5) is 11.0. The highest BCUT2D eigenvalue weighted by Gasteiger charge is 2.21. The molecule has 5 rings (SSSR count). The van der Waals surface area contributed by atoms with E-state index in [0.717, 1.165) is 11.3 Å². The number of ether oxygens (including phenoxy) is 1. The number of hydrogen-bond donors (Lipinski definition) is 3. The molecule has 12 heteroatoms. The van der Waals surface area contributed by atoms with Gasteiger partial charge in [-0.15, -0.1) is 0 Å². The first-order chi connectivity index (χ1) is 16.5. The number of nitrogens with zero attached hydrogens (tertiary/aromatic N) is 4. The maximum absolute atomic E-state index is 12.5. The molecule has 1 aliphatic rings. The number of aromatic amines is 1. The average Bonchev–Trinajstić information content (AvgIpc) is 3.30. The maximum Gasteiger partial charge on any atom is 0.240 e. The zero-order valence-corrected chi connectivity index (χ0v) is 19.8. The van der Waals surface area contributed by atoms with Crippen molar-refractivity contribution < 1.29 is 13.2 Å². The van der Waals surface area contributed by atoms with Crippen LogP contribution in [-0.4, -0.2) is 61.9 Å². The second-order valence-corrected chi connectivity index (χ2v) is 9.96. The van der Waals surface area contributed by atoms with Crippen LogP contribution in [0.25, 0.3) is 22.3 Å². The molecule has 176 valence electrons. The third-order valence-electron chi connectivity index (χ3n) is 5.62. The fourth-order valence-electron chi connectivity index (χ4n) is 3.91. The first kappa shape index (κ1) is 22.5. The molecule has 0 saturated carbocycles. The van der Waals surface area contributed by atoms with Gasteiger partial charge in [-0.1, -0.05) is 23.7 Å². The van der Waals surface area contributed by atoms with Crippen LogP contribution in [0.1, 0.15) is 0 Å². The molecule has 10 nitrogen and oxygen atoms in total. The molecule has 1 fully saturated rings. The molecule has 2 aromatic heterocycles. The van der Waals surface area contributed by atoms with E-state index in [9.17, 15) is 8.42 Å². The third kappa shape index (κ3) is 4.30. The highest BCUT2D eigenvalue weighted by atomic mass is 35.5. The minimum absolute atomic E-state index is 0.141. The van der Waals surface area contributed by atoms with Crippen molar-refractivity contribution in [1.29, 1.82) is 0 Å². The van der Waals surface area contributed by atoms with E-state index >= 15 is 0 Å². The minimum atomic E-state index is -3.65. The van der Waals surface area contributed by atoms with Crippen molar-refractivity contribution in [1.82, 2.24) is 24.9 Å². The maximum atomic E-state index is 12.5. The van der Waals surface area contributed by atoms with Crippen molar-refractivity contribution in [3.63, 3.8) is 0 Å². The first-order valence-electron chi connectivity index (χ1n) is 10.6. The first-order valence-corrected chi connectivity index (χ1v) is 12.4. The number of sulfonamides is 1. The largest absolute Gasteiger partial charge is 0.378 e. The smallest absolute Gasteiger partial charge is 0.240 e. The van der Waals surface area contributed by atoms with Crippen molar-refractivity contribution in [2.24, 2.45) is 0 Å². The molecule has 34 heavy (non-hydrogen) atoms. The number of halogens is 1. The van der Waals surface area contributed by atoms with Gasteiger partial charge in [0.25, 0.3) is 0 Å². The van der Waals surface area contributed by atoms with Crippen molar-refractivity contribution in [2.45, 2.75) is 4.90 Å². The Morgan fingerprint density at radius 1 is 1.12 bits per heavy atom. The van der Waals surface area contributed by atoms with Gasteiger partial charge in [-0.25, -0.2) is 23.1 Å². The summed E-state index contributed by atoms with van der Waals surface area (Å²) >= 11 is 6.20. The topological polar surface area (TPSA) is 125 Å². The molecule has 0 atom stereocenters. The molecule has 4 aromatic rings. The molecule has 0 unspecified atom stereocenters. The minimum Gasteiger partial charge on any atom is -0.378 e. The zero-order valence-electron chi connectivity index (χ0n) is 18.2. The number of hydrogen-bond acceptors (Lipinski definition) is 8. The van der Waals surface area contributed by atoms with Gasteiger partial charge in [-0.05, 0) is 37.4 Å². The van der Waals surface area contributed by atoms with E-state index < -0.39 is 10.0 Å². The van der Waals surface area contributed by atoms with E-state index in [4.69, 9.17) is 16.3 Å². The van der Waals surface area contributed by atoms with Crippen LogP contribution >= 0.6 is 11.6 Å². The van der Waals surface area contributed by atoms with Crippen LogP contribution in [0.2, 0.25) is 5.02 Å². The summed E-state index contributed by atoms with van der Waals surface area (Å²) in [5.74, 6) is 0.488. The number of benzene rings is 2. The average molecular weight is 500 g/mol. The predicted octanol–water partition coefficient (Wildman–Crippen LogP) is 3.16. The van der Waals surface area contributed by atoms with Gasteiger partial charge in [0, 0.05) is 23.7 Å². The lowest BCUT2D eigenvalue weighted by atomic mass is 10.1. The standard InChI is InChI=1S/C22H22ClN7O3S/c1-24-34(31,32)16-5-6-18(30-7-9-33-10-8-30)17(12-16)27-21-19-20(14-3-2-4-15(23)11-14)28-29-22(19)26-13-25-21/h2-6,11-13,24H,7-10H2,1H3,(H2,25,26,27,28,29). The fraction of sp³-hybridized carbons (Fsp3) is 0.227. The Bertz CT molecular complexity index is 1450. The number of aromatic nitrogens is 4. The summed E-state index contributed by atoms with van der Waals surface area (Å²) in [6.07, 6.45) is 1.41. The fourth-order valence-corrected chi connectivity index (χ4v) is 4.86. The molecule has 2 aromatic carbocycles. The second kappa shape index (κ2) is 9.18. The zero-order chi connectivity index (χ0) is 23.7. The van der Waals surface area contributed by atoms with E-state index in [1.165, 1.54) is 13.4 Å². The highest BCUT2D eigenvalue weighted by Crippen LogP contribution is 2.36. The molecule has 0 radical (unpaired) electrons. The van der Waals surface area contributed by atoms with Crippen molar-refractivity contribution in [2.75, 3.05) is 43.6 Å². The van der Waals surface area contributed by atoms with Gasteiger partial charge >= 0.3 is 0 Å². The van der Waals surface area contributed by atoms with Crippen LogP contribution in [0.3, 0.4) is 0 Å². The van der Waals surface area contributed by atoms with Crippen molar-refractivity contribution in [3.8, 4) is 11.3 Å². The number of rotatable bonds is 6. The second-order valence-electron chi connectivity index (χ2n) is 7.64. The number of H-pyrrole nitrogens is 1. The van der Waals surface area contributed by atoms with Gasteiger partial charge in [-0.2, -0.15) is 5.10 Å². The van der Waals surface area contributed by atoms with Crippen LogP contribution in [0, 0.1) is 0 Å². The van der Waals surface area contributed by atoms with Crippen LogP contribution < -0.4 is 14.9 Å². The van der Waals surface area contributed by atoms with E-state index in [0.29, 0.717) is 59.6 Å². The van der Waals surface area contributed by atoms with Crippen molar-refractivity contribution >= 4 is 49.9 Å². The van der Waals surface area contributed by atoms with E-state index in [-0.39, 0.29) is 4.90 Å². The summed E-state index contributed by atoms with van der Waals surface area (Å²) in [5, 5.41) is 11.9. The quantitative estimate of drug-likeness (QED) is 0.369. The lowest BCUT2D eigenvalue weighted by molar-refractivity contribution is 0.123. The summed E-state index contributed by atoms with van der Waals surface area (Å²) in [5.41, 5.74) is 3.44. The Labute approximate surface area is 201 Å². The van der Waals surface area contributed by atoms with Crippen LogP contribution in [0.4, 0.5) is 17.2 Å². The number of fused-ring (bicyclic) bond motifs is 1. The van der Waals surface area contributed by atoms with E-state index in [2.05, 4.69) is 35.1 Å². The van der Waals surface area contributed by atoms with Crippen LogP contribution in [0.5, 0.6) is 0 Å². The lowest BCUT2D eigenvalue weighted by Gasteiger charge is -2.31. The summed E-state index contributed by atoms with van der Waals surface area (Å²) in [7, 11) is -2.26. The summed E-state index contributed by atoms with van der Waals surface area (Å²) in [6, 6.07) is 12.4. The summed E-state index contributed by atoms with van der Waals surface area (Å²) in [6.45, 7) is 2.56. The molecule has 0 bridgehead atoms. The lowest BCUT2D eigenvalue weighted by Crippen LogP contribution is -2.36. The van der Waals surface area contributed by atoms with Gasteiger partial charge in [0.2, 0.25) is 10.0 Å². The number of morpholine rings is 1. The van der Waals surface area contributed by atoms with Crippen molar-refractivity contribution in [3.05, 3.63) is 53.8 Å². The molecule has 1 aliphatic heterocycles. The normalized spacial score (nSPS) is 14.5. The molecular formula is C22H22ClN7O3S.